The largest absolute Gasteiger partial charge is 0.386 e. The summed E-state index contributed by atoms with van der Waals surface area (Å²) in [6.45, 7) is 2.58. The quantitative estimate of drug-likeness (QED) is 0.463. The van der Waals surface area contributed by atoms with Crippen LogP contribution in [0.5, 0.6) is 0 Å². The lowest BCUT2D eigenvalue weighted by molar-refractivity contribution is -0.125. The first-order chi connectivity index (χ1) is 11.3. The van der Waals surface area contributed by atoms with Crippen molar-refractivity contribution in [2.45, 2.75) is 19.8 Å². The van der Waals surface area contributed by atoms with E-state index in [1.54, 1.807) is 6.21 Å². The summed E-state index contributed by atoms with van der Waals surface area (Å²) in [5.74, 6) is -0.153. The first-order valence-electron chi connectivity index (χ1n) is 7.77. The second kappa shape index (κ2) is 9.41. The number of aryl methyl sites for hydroxylation is 2. The van der Waals surface area contributed by atoms with Crippen LogP contribution in [0.4, 0.5) is 0 Å². The van der Waals surface area contributed by atoms with Gasteiger partial charge >= 0.3 is 0 Å². The SMILES string of the molecule is Cc1ccccc1/C=N\OCC(=O)NCCCc1ccccc1. The molecule has 0 fully saturated rings. The van der Waals surface area contributed by atoms with Gasteiger partial charge in [0.05, 0.1) is 6.21 Å². The van der Waals surface area contributed by atoms with Crippen LogP contribution in [0, 0.1) is 6.92 Å². The second-order valence-corrected chi connectivity index (χ2v) is 5.30. The summed E-state index contributed by atoms with van der Waals surface area (Å²) in [7, 11) is 0. The molecule has 120 valence electrons. The Balaban J connectivity index is 1.59. The van der Waals surface area contributed by atoms with Crippen molar-refractivity contribution in [2.24, 2.45) is 5.16 Å². The van der Waals surface area contributed by atoms with E-state index in [0.717, 1.165) is 24.0 Å². The van der Waals surface area contributed by atoms with E-state index in [1.807, 2.05) is 49.4 Å². The molecule has 4 heteroatoms. The van der Waals surface area contributed by atoms with Gasteiger partial charge in [-0.2, -0.15) is 0 Å². The molecule has 2 rings (SSSR count). The van der Waals surface area contributed by atoms with Crippen molar-refractivity contribution in [1.29, 1.82) is 0 Å². The zero-order valence-electron chi connectivity index (χ0n) is 13.4. The number of carbonyl (C=O) groups excluding carboxylic acids is 1. The van der Waals surface area contributed by atoms with Crippen molar-refractivity contribution in [3.8, 4) is 0 Å². The number of carbonyl (C=O) groups is 1. The van der Waals surface area contributed by atoms with Gasteiger partial charge in [-0.1, -0.05) is 59.8 Å². The van der Waals surface area contributed by atoms with Crippen LogP contribution in [-0.2, 0) is 16.1 Å². The maximum atomic E-state index is 11.6. The third-order valence-corrected chi connectivity index (χ3v) is 3.46. The minimum absolute atomic E-state index is 0.0618. The summed E-state index contributed by atoms with van der Waals surface area (Å²) in [6.07, 6.45) is 3.48. The number of hydrogen-bond donors (Lipinski definition) is 1. The third kappa shape index (κ3) is 6.34. The monoisotopic (exact) mass is 310 g/mol. The van der Waals surface area contributed by atoms with Gasteiger partial charge in [0.1, 0.15) is 0 Å². The van der Waals surface area contributed by atoms with Crippen molar-refractivity contribution in [3.05, 3.63) is 71.3 Å². The molecule has 1 N–H and O–H groups in total. The molecule has 0 aliphatic rings. The van der Waals surface area contributed by atoms with E-state index in [4.69, 9.17) is 4.84 Å². The summed E-state index contributed by atoms with van der Waals surface area (Å²) in [5, 5.41) is 6.66. The van der Waals surface area contributed by atoms with Crippen LogP contribution in [0.2, 0.25) is 0 Å². The molecule has 0 atom stereocenters. The van der Waals surface area contributed by atoms with Crippen LogP contribution >= 0.6 is 0 Å². The number of nitrogens with zero attached hydrogens (tertiary/aromatic N) is 1. The van der Waals surface area contributed by atoms with E-state index in [-0.39, 0.29) is 12.5 Å². The number of benzene rings is 2. The Morgan fingerprint density at radius 3 is 2.65 bits per heavy atom. The fraction of sp³-hybridized carbons (Fsp3) is 0.263. The molecule has 2 aromatic carbocycles. The highest BCUT2D eigenvalue weighted by Crippen LogP contribution is 2.03. The predicted octanol–water partition coefficient (Wildman–Crippen LogP) is 3.09. The molecule has 0 unspecified atom stereocenters. The summed E-state index contributed by atoms with van der Waals surface area (Å²) in [5.41, 5.74) is 3.38. The zero-order valence-corrected chi connectivity index (χ0v) is 13.4. The zero-order chi connectivity index (χ0) is 16.3. The molecule has 0 bridgehead atoms. The first kappa shape index (κ1) is 16.7. The number of rotatable bonds is 8. The standard InChI is InChI=1S/C19H22N2O2/c1-16-8-5-6-12-18(16)14-21-23-15-19(22)20-13-7-11-17-9-3-2-4-10-17/h2-6,8-10,12,14H,7,11,13,15H2,1H3,(H,20,22)/b21-14-. The van der Waals surface area contributed by atoms with Crippen molar-refractivity contribution < 1.29 is 9.63 Å². The van der Waals surface area contributed by atoms with E-state index in [9.17, 15) is 4.79 Å². The molecule has 0 saturated heterocycles. The second-order valence-electron chi connectivity index (χ2n) is 5.30. The maximum absolute atomic E-state index is 11.6. The van der Waals surface area contributed by atoms with Crippen LogP contribution in [0.25, 0.3) is 0 Å². The molecule has 0 saturated carbocycles. The van der Waals surface area contributed by atoms with Crippen molar-refractivity contribution >= 4 is 12.1 Å². The van der Waals surface area contributed by atoms with Gasteiger partial charge in [-0.3, -0.25) is 4.79 Å². The van der Waals surface area contributed by atoms with Crippen LogP contribution < -0.4 is 5.32 Å². The molecule has 1 amide bonds. The number of nitrogens with one attached hydrogen (secondary N) is 1. The molecular weight excluding hydrogens is 288 g/mol. The summed E-state index contributed by atoms with van der Waals surface area (Å²) < 4.78 is 0. The average Bonchev–Trinajstić information content (AvgIpc) is 2.58. The van der Waals surface area contributed by atoms with Crippen molar-refractivity contribution in [3.63, 3.8) is 0 Å². The van der Waals surface area contributed by atoms with Gasteiger partial charge in [-0.05, 0) is 36.5 Å². The van der Waals surface area contributed by atoms with Gasteiger partial charge < -0.3 is 10.2 Å². The fourth-order valence-electron chi connectivity index (χ4n) is 2.14. The Morgan fingerprint density at radius 1 is 1.13 bits per heavy atom. The first-order valence-corrected chi connectivity index (χ1v) is 7.77. The maximum Gasteiger partial charge on any atom is 0.260 e. The molecule has 0 heterocycles. The van der Waals surface area contributed by atoms with Gasteiger partial charge in [-0.15, -0.1) is 0 Å². The summed E-state index contributed by atoms with van der Waals surface area (Å²) in [4.78, 5) is 16.6. The molecule has 0 radical (unpaired) electrons. The fourth-order valence-corrected chi connectivity index (χ4v) is 2.14. The number of hydrogen-bond acceptors (Lipinski definition) is 3. The Morgan fingerprint density at radius 2 is 1.87 bits per heavy atom. The minimum Gasteiger partial charge on any atom is -0.386 e. The molecule has 23 heavy (non-hydrogen) atoms. The van der Waals surface area contributed by atoms with Gasteiger partial charge in [0.15, 0.2) is 6.61 Å². The highest BCUT2D eigenvalue weighted by atomic mass is 16.6. The molecule has 0 aliphatic carbocycles. The lowest BCUT2D eigenvalue weighted by Crippen LogP contribution is -2.28. The minimum atomic E-state index is -0.153. The van der Waals surface area contributed by atoms with Gasteiger partial charge in [0.25, 0.3) is 5.91 Å². The Kier molecular flexibility index (Phi) is 6.85. The predicted molar refractivity (Wildman–Crippen MR) is 92.5 cm³/mol. The normalized spacial score (nSPS) is 10.7. The highest BCUT2D eigenvalue weighted by molar-refractivity contribution is 5.81. The number of amides is 1. The Hall–Kier alpha value is -2.62. The van der Waals surface area contributed by atoms with Gasteiger partial charge in [0, 0.05) is 6.54 Å². The molecule has 2 aromatic rings. The van der Waals surface area contributed by atoms with Crippen LogP contribution in [0.15, 0.2) is 59.8 Å². The lowest BCUT2D eigenvalue weighted by atomic mass is 10.1. The number of oxime groups is 1. The van der Waals surface area contributed by atoms with E-state index in [0.29, 0.717) is 6.54 Å². The molecule has 4 nitrogen and oxygen atoms in total. The van der Waals surface area contributed by atoms with Crippen LogP contribution in [0.3, 0.4) is 0 Å². The van der Waals surface area contributed by atoms with E-state index in [2.05, 4.69) is 22.6 Å². The molecular formula is C19H22N2O2. The smallest absolute Gasteiger partial charge is 0.260 e. The molecule has 0 spiro atoms. The summed E-state index contributed by atoms with van der Waals surface area (Å²) >= 11 is 0. The van der Waals surface area contributed by atoms with Crippen LogP contribution in [0.1, 0.15) is 23.1 Å². The van der Waals surface area contributed by atoms with Gasteiger partial charge in [-0.25, -0.2) is 0 Å². The van der Waals surface area contributed by atoms with Crippen molar-refractivity contribution in [1.82, 2.24) is 5.32 Å². The Bertz CT molecular complexity index is 639. The van der Waals surface area contributed by atoms with E-state index < -0.39 is 0 Å². The van der Waals surface area contributed by atoms with E-state index in [1.165, 1.54) is 5.56 Å². The highest BCUT2D eigenvalue weighted by Gasteiger charge is 2.00. The third-order valence-electron chi connectivity index (χ3n) is 3.46. The van der Waals surface area contributed by atoms with Crippen molar-refractivity contribution in [2.75, 3.05) is 13.2 Å². The lowest BCUT2D eigenvalue weighted by Gasteiger charge is -2.04. The van der Waals surface area contributed by atoms with Crippen LogP contribution in [-0.4, -0.2) is 25.3 Å². The Labute approximate surface area is 137 Å². The molecule has 0 aliphatic heterocycles. The van der Waals surface area contributed by atoms with Gasteiger partial charge in [0.2, 0.25) is 0 Å². The molecule has 0 aromatic heterocycles. The topological polar surface area (TPSA) is 50.7 Å². The average molecular weight is 310 g/mol. The summed E-state index contributed by atoms with van der Waals surface area (Å²) in [6, 6.07) is 18.1. The van der Waals surface area contributed by atoms with E-state index >= 15 is 0 Å².